The Labute approximate surface area is 312 Å². The van der Waals surface area contributed by atoms with Gasteiger partial charge in [0.1, 0.15) is 0 Å². The van der Waals surface area contributed by atoms with E-state index in [0.29, 0.717) is 0 Å². The van der Waals surface area contributed by atoms with E-state index in [9.17, 15) is 0 Å². The molecule has 0 amide bonds. The van der Waals surface area contributed by atoms with Gasteiger partial charge in [0.25, 0.3) is 0 Å². The van der Waals surface area contributed by atoms with Crippen LogP contribution in [-0.4, -0.2) is 11.3 Å². The van der Waals surface area contributed by atoms with Gasteiger partial charge in [0.05, 0.1) is 0 Å². The minimum atomic E-state index is -2.08. The molecule has 46 heavy (non-hydrogen) atoms. The first-order valence-corrected chi connectivity index (χ1v) is 20.4. The van der Waals surface area contributed by atoms with E-state index in [1.54, 1.807) is 0 Å². The number of hydrogen-bond donors (Lipinski definition) is 1. The Morgan fingerprint density at radius 2 is 0.543 bits per heavy atom. The largest absolute Gasteiger partial charge is 1.00 e. The zero-order valence-electron chi connectivity index (χ0n) is 25.1. The Bertz CT molecular complexity index is 1320. The zero-order valence-corrected chi connectivity index (χ0v) is 31.9. The predicted molar refractivity (Wildman–Crippen MR) is 190 cm³/mol. The van der Waals surface area contributed by atoms with Gasteiger partial charge >= 0.3 is 64.6 Å². The first kappa shape index (κ1) is 39.9. The summed E-state index contributed by atoms with van der Waals surface area (Å²) in [6.07, 6.45) is -2.08. The van der Waals surface area contributed by atoms with Gasteiger partial charge in [0.2, 0.25) is 6.16 Å². The molecule has 0 radical (unpaired) electrons. The van der Waals surface area contributed by atoms with E-state index >= 15 is 0 Å². The molecule has 0 spiro atoms. The van der Waals surface area contributed by atoms with Crippen LogP contribution in [0, 0.1) is 0 Å². The summed E-state index contributed by atoms with van der Waals surface area (Å²) >= 11 is -0.106. The molecule has 0 saturated carbocycles. The first-order chi connectivity index (χ1) is 22.0. The molecule has 6 aromatic carbocycles. The van der Waals surface area contributed by atoms with Crippen LogP contribution in [0.1, 0.15) is 0 Å². The monoisotopic (exact) mass is 784 g/mol. The maximum atomic E-state index is 8.44. The van der Waals surface area contributed by atoms with E-state index in [2.05, 4.69) is 182 Å². The summed E-state index contributed by atoms with van der Waals surface area (Å²) in [6.45, 7) is 0. The topological polar surface area (TPSA) is 60.4 Å². The summed E-state index contributed by atoms with van der Waals surface area (Å²) in [5.74, 6) is 0. The van der Waals surface area contributed by atoms with Crippen LogP contribution < -0.4 is 66.5 Å². The second kappa shape index (κ2) is 23.9. The SMILES string of the molecule is O=C([O-])O.[Cl][Pd][Cl].[Na+].c1ccc(P(c2ccccc2)c2ccccc2)cc1.c1ccc(P(c2ccccc2)c2ccccc2)cc1. The van der Waals surface area contributed by atoms with Crippen molar-refractivity contribution in [3.05, 3.63) is 182 Å². The summed E-state index contributed by atoms with van der Waals surface area (Å²) in [4.78, 5) is 8.44. The predicted octanol–water partition coefficient (Wildman–Crippen LogP) is 4.16. The Morgan fingerprint density at radius 1 is 0.435 bits per heavy atom. The van der Waals surface area contributed by atoms with Crippen LogP contribution in [0.2, 0.25) is 0 Å². The Kier molecular flexibility index (Phi) is 20.7. The van der Waals surface area contributed by atoms with Crippen molar-refractivity contribution < 1.29 is 60.5 Å². The number of carbonyl (C=O) groups is 1. The van der Waals surface area contributed by atoms with E-state index in [0.717, 1.165) is 0 Å². The van der Waals surface area contributed by atoms with Gasteiger partial charge in [-0.05, 0) is 47.7 Å². The molecule has 6 aromatic rings. The molecule has 9 heteroatoms. The molecule has 6 rings (SSSR count). The molecule has 0 fully saturated rings. The molecule has 0 aliphatic carbocycles. The van der Waals surface area contributed by atoms with Crippen molar-refractivity contribution in [3.63, 3.8) is 0 Å². The fraction of sp³-hybridized carbons (Fsp3) is 0. The van der Waals surface area contributed by atoms with Crippen molar-refractivity contribution in [3.8, 4) is 0 Å². The van der Waals surface area contributed by atoms with E-state index in [4.69, 9.17) is 34.1 Å². The van der Waals surface area contributed by atoms with E-state index < -0.39 is 22.0 Å². The summed E-state index contributed by atoms with van der Waals surface area (Å²) in [6, 6.07) is 64.7. The molecule has 0 bridgehead atoms. The van der Waals surface area contributed by atoms with Crippen LogP contribution in [-0.2, 0) is 15.9 Å². The molecule has 0 heterocycles. The second-order valence-corrected chi connectivity index (χ2v) is 15.8. The maximum absolute atomic E-state index is 8.44. The third-order valence-corrected chi connectivity index (χ3v) is 11.0. The number of carboxylic acid groups (broad SMARTS) is 2. The minimum Gasteiger partial charge on any atom is -0.0622 e. The van der Waals surface area contributed by atoms with Crippen molar-refractivity contribution in [2.75, 3.05) is 0 Å². The van der Waals surface area contributed by atoms with Crippen LogP contribution in [0.3, 0.4) is 0 Å². The standard InChI is InChI=1S/2C18H15P.CH2O3.2ClH.Na.Pd/c2*1-4-10-16(11-5-1)19(17-12-6-2-7-13-17)18-14-8-3-9-15-18;2-1(3)4;;;;/h2*1-15H;(H2,2,3,4);2*1H;;/q;;;;;+1;+2/p-3. The number of hydrogen-bond acceptors (Lipinski definition) is 2. The smallest absolute Gasteiger partial charge is 0.0622 e. The Morgan fingerprint density at radius 3 is 0.652 bits per heavy atom. The molecule has 0 saturated heterocycles. The molecule has 0 aliphatic rings. The third kappa shape index (κ3) is 14.2. The minimum absolute atomic E-state index is 0. The van der Waals surface area contributed by atoms with Gasteiger partial charge in [-0.15, -0.1) is 0 Å². The average molecular weight is 786 g/mol. The van der Waals surface area contributed by atoms with Crippen LogP contribution in [0.25, 0.3) is 0 Å². The van der Waals surface area contributed by atoms with E-state index in [1.165, 1.54) is 31.8 Å². The fourth-order valence-electron chi connectivity index (χ4n) is 4.36. The zero-order chi connectivity index (χ0) is 32.1. The molecule has 232 valence electrons. The quantitative estimate of drug-likeness (QED) is 0.204. The molecule has 1 N–H and O–H groups in total. The van der Waals surface area contributed by atoms with Crippen molar-refractivity contribution in [1.29, 1.82) is 0 Å². The van der Waals surface area contributed by atoms with Crippen LogP contribution in [0.4, 0.5) is 4.79 Å². The molecule has 0 aromatic heterocycles. The summed E-state index contributed by atoms with van der Waals surface area (Å²) in [7, 11) is 8.74. The van der Waals surface area contributed by atoms with Gasteiger partial charge in [-0.3, -0.25) is 0 Å². The first-order valence-electron chi connectivity index (χ1n) is 13.7. The van der Waals surface area contributed by atoms with E-state index in [-0.39, 0.29) is 45.5 Å². The van der Waals surface area contributed by atoms with Crippen molar-refractivity contribution in [2.24, 2.45) is 0 Å². The number of rotatable bonds is 6. The number of benzene rings is 6. The molecule has 0 aliphatic heterocycles. The third-order valence-electron chi connectivity index (χ3n) is 6.09. The summed E-state index contributed by atoms with van der Waals surface area (Å²) in [5.41, 5.74) is 0. The Balaban J connectivity index is 0.000000262. The van der Waals surface area contributed by atoms with Gasteiger partial charge < -0.3 is 15.0 Å². The van der Waals surface area contributed by atoms with Gasteiger partial charge in [0, 0.05) is 0 Å². The summed E-state index contributed by atoms with van der Waals surface area (Å²) in [5, 5.41) is 23.7. The number of halogens is 2. The van der Waals surface area contributed by atoms with Crippen molar-refractivity contribution >= 4 is 72.9 Å². The molecule has 3 nitrogen and oxygen atoms in total. The second-order valence-electron chi connectivity index (χ2n) is 9.00. The van der Waals surface area contributed by atoms with Crippen LogP contribution in [0.15, 0.2) is 182 Å². The van der Waals surface area contributed by atoms with Gasteiger partial charge in [0.15, 0.2) is 0 Å². The molecular formula is C37H31Cl2NaO3P2Pd. The van der Waals surface area contributed by atoms with Gasteiger partial charge in [-0.1, -0.05) is 182 Å². The van der Waals surface area contributed by atoms with Gasteiger partial charge in [-0.25, -0.2) is 0 Å². The maximum Gasteiger partial charge on any atom is 1.00 e. The molecular weight excluding hydrogens is 755 g/mol. The molecule has 0 atom stereocenters. The van der Waals surface area contributed by atoms with Gasteiger partial charge in [-0.2, -0.15) is 0 Å². The van der Waals surface area contributed by atoms with Crippen LogP contribution >= 0.6 is 34.9 Å². The van der Waals surface area contributed by atoms with Crippen LogP contribution in [0.5, 0.6) is 0 Å². The normalized spacial score (nSPS) is 9.74. The van der Waals surface area contributed by atoms with Crippen molar-refractivity contribution in [2.45, 2.75) is 0 Å². The van der Waals surface area contributed by atoms with Crippen molar-refractivity contribution in [1.82, 2.24) is 0 Å². The fourth-order valence-corrected chi connectivity index (χ4v) is 8.97. The Hall–Kier alpha value is -2.31. The van der Waals surface area contributed by atoms with E-state index in [1.807, 2.05) is 0 Å². The molecule has 0 unspecified atom stereocenters. The summed E-state index contributed by atoms with van der Waals surface area (Å²) < 4.78 is 0. The average Bonchev–Trinajstić information content (AvgIpc) is 3.09.